The quantitative estimate of drug-likeness (QED) is 0.797. The summed E-state index contributed by atoms with van der Waals surface area (Å²) in [5, 5.41) is 2.64. The van der Waals surface area contributed by atoms with E-state index in [4.69, 9.17) is 5.73 Å². The minimum absolute atomic E-state index is 0.189. The van der Waals surface area contributed by atoms with Crippen LogP contribution in [0.1, 0.15) is 12.5 Å². The van der Waals surface area contributed by atoms with Crippen LogP contribution in [0.4, 0.5) is 10.1 Å². The van der Waals surface area contributed by atoms with E-state index in [0.717, 1.165) is 0 Å². The molecule has 82 valence electrons. The molecule has 0 fully saturated rings. The zero-order valence-corrected chi connectivity index (χ0v) is 8.88. The van der Waals surface area contributed by atoms with Crippen LogP contribution in [0.25, 0.3) is 0 Å². The molecule has 0 bridgehead atoms. The summed E-state index contributed by atoms with van der Waals surface area (Å²) in [6, 6.07) is 4.59. The molecule has 15 heavy (non-hydrogen) atoms. The molecule has 0 radical (unpaired) electrons. The lowest BCUT2D eigenvalue weighted by Gasteiger charge is -2.12. The predicted molar refractivity (Wildman–Crippen MR) is 58.0 cm³/mol. The van der Waals surface area contributed by atoms with E-state index in [9.17, 15) is 9.18 Å². The van der Waals surface area contributed by atoms with E-state index < -0.39 is 0 Å². The average molecular weight is 210 g/mol. The molecule has 0 aliphatic rings. The van der Waals surface area contributed by atoms with Gasteiger partial charge in [-0.15, -0.1) is 0 Å². The Morgan fingerprint density at radius 3 is 2.87 bits per heavy atom. The van der Waals surface area contributed by atoms with Gasteiger partial charge in [-0.1, -0.05) is 13.0 Å². The normalized spacial score (nSPS) is 12.3. The number of amides is 1. The Bertz CT molecular complexity index is 366. The maximum atomic E-state index is 13.1. The summed E-state index contributed by atoms with van der Waals surface area (Å²) in [6.45, 7) is 3.63. The molecular weight excluding hydrogens is 195 g/mol. The zero-order valence-electron chi connectivity index (χ0n) is 8.88. The molecule has 0 saturated heterocycles. The highest BCUT2D eigenvalue weighted by molar-refractivity contribution is 5.93. The number of anilines is 1. The molecule has 0 aliphatic carbocycles. The average Bonchev–Trinajstić information content (AvgIpc) is 2.23. The molecule has 0 aromatic heterocycles. The molecule has 1 aromatic carbocycles. The summed E-state index contributed by atoms with van der Waals surface area (Å²) in [4.78, 5) is 11.5. The van der Waals surface area contributed by atoms with Gasteiger partial charge in [0.25, 0.3) is 0 Å². The number of carbonyl (C=O) groups excluding carboxylic acids is 1. The Labute approximate surface area is 88.5 Å². The fraction of sp³-hybridized carbons (Fsp3) is 0.364. The van der Waals surface area contributed by atoms with E-state index in [1.807, 2.05) is 0 Å². The Kier molecular flexibility index (Phi) is 3.80. The number of benzene rings is 1. The van der Waals surface area contributed by atoms with Crippen molar-refractivity contribution in [1.82, 2.24) is 0 Å². The first-order valence-corrected chi connectivity index (χ1v) is 4.82. The first-order chi connectivity index (χ1) is 7.06. The van der Waals surface area contributed by atoms with Crippen LogP contribution in [0, 0.1) is 18.7 Å². The Hall–Kier alpha value is -1.42. The standard InChI is InChI=1S/C11H15FN2O/c1-7(6-13)11(15)14-10-5-3-4-9(12)8(10)2/h3-5,7H,6,13H2,1-2H3,(H,14,15). The zero-order chi connectivity index (χ0) is 11.4. The van der Waals surface area contributed by atoms with Crippen LogP contribution in [0.5, 0.6) is 0 Å². The van der Waals surface area contributed by atoms with Gasteiger partial charge in [-0.05, 0) is 19.1 Å². The molecule has 3 nitrogen and oxygen atoms in total. The summed E-state index contributed by atoms with van der Waals surface area (Å²) in [6.07, 6.45) is 0. The molecule has 3 N–H and O–H groups in total. The lowest BCUT2D eigenvalue weighted by Crippen LogP contribution is -2.27. The molecule has 0 spiro atoms. The van der Waals surface area contributed by atoms with E-state index >= 15 is 0 Å². The van der Waals surface area contributed by atoms with Gasteiger partial charge in [-0.2, -0.15) is 0 Å². The Morgan fingerprint density at radius 2 is 2.27 bits per heavy atom. The van der Waals surface area contributed by atoms with Gasteiger partial charge in [0.15, 0.2) is 0 Å². The summed E-state index contributed by atoms with van der Waals surface area (Å²) in [5.41, 5.74) is 6.30. The maximum Gasteiger partial charge on any atom is 0.228 e. The van der Waals surface area contributed by atoms with Crippen LogP contribution >= 0.6 is 0 Å². The molecule has 4 heteroatoms. The molecule has 1 rings (SSSR count). The first-order valence-electron chi connectivity index (χ1n) is 4.82. The third-order valence-electron chi connectivity index (χ3n) is 2.33. The predicted octanol–water partition coefficient (Wildman–Crippen LogP) is 1.67. The number of halogens is 1. The maximum absolute atomic E-state index is 13.1. The monoisotopic (exact) mass is 210 g/mol. The van der Waals surface area contributed by atoms with Gasteiger partial charge in [-0.3, -0.25) is 4.79 Å². The van der Waals surface area contributed by atoms with Crippen molar-refractivity contribution < 1.29 is 9.18 Å². The van der Waals surface area contributed by atoms with Crippen molar-refractivity contribution in [2.75, 3.05) is 11.9 Å². The van der Waals surface area contributed by atoms with Gasteiger partial charge < -0.3 is 11.1 Å². The van der Waals surface area contributed by atoms with Gasteiger partial charge >= 0.3 is 0 Å². The second-order valence-electron chi connectivity index (χ2n) is 3.54. The van der Waals surface area contributed by atoms with Crippen molar-refractivity contribution in [1.29, 1.82) is 0 Å². The Morgan fingerprint density at radius 1 is 1.60 bits per heavy atom. The summed E-state index contributed by atoms with van der Waals surface area (Å²) < 4.78 is 13.1. The van der Waals surface area contributed by atoms with E-state index in [1.54, 1.807) is 26.0 Å². The number of rotatable bonds is 3. The largest absolute Gasteiger partial charge is 0.330 e. The van der Waals surface area contributed by atoms with E-state index in [1.165, 1.54) is 6.07 Å². The smallest absolute Gasteiger partial charge is 0.228 e. The van der Waals surface area contributed by atoms with E-state index in [0.29, 0.717) is 11.3 Å². The molecule has 0 heterocycles. The topological polar surface area (TPSA) is 55.1 Å². The molecule has 0 aliphatic heterocycles. The number of nitrogens with one attached hydrogen (secondary N) is 1. The van der Waals surface area contributed by atoms with Crippen LogP contribution in [0.15, 0.2) is 18.2 Å². The fourth-order valence-corrected chi connectivity index (χ4v) is 1.11. The lowest BCUT2D eigenvalue weighted by atomic mass is 10.1. The SMILES string of the molecule is Cc1c(F)cccc1NC(=O)C(C)CN. The minimum Gasteiger partial charge on any atom is -0.330 e. The van der Waals surface area contributed by atoms with Crippen molar-refractivity contribution in [2.45, 2.75) is 13.8 Å². The number of hydrogen-bond donors (Lipinski definition) is 2. The second-order valence-corrected chi connectivity index (χ2v) is 3.54. The summed E-state index contributed by atoms with van der Waals surface area (Å²) >= 11 is 0. The van der Waals surface area contributed by atoms with Crippen molar-refractivity contribution >= 4 is 11.6 Å². The van der Waals surface area contributed by atoms with Crippen LogP contribution in [-0.4, -0.2) is 12.5 Å². The van der Waals surface area contributed by atoms with E-state index in [-0.39, 0.29) is 24.2 Å². The fourth-order valence-electron chi connectivity index (χ4n) is 1.11. The van der Waals surface area contributed by atoms with Crippen LogP contribution in [-0.2, 0) is 4.79 Å². The minimum atomic E-state index is -0.326. The number of carbonyl (C=O) groups is 1. The molecule has 1 atom stereocenters. The summed E-state index contributed by atoms with van der Waals surface area (Å²) in [5.74, 6) is -0.785. The molecule has 1 aromatic rings. The van der Waals surface area contributed by atoms with Gasteiger partial charge in [0, 0.05) is 23.7 Å². The van der Waals surface area contributed by atoms with Crippen molar-refractivity contribution in [2.24, 2.45) is 11.7 Å². The van der Waals surface area contributed by atoms with Crippen molar-refractivity contribution in [3.8, 4) is 0 Å². The van der Waals surface area contributed by atoms with Crippen molar-refractivity contribution in [3.63, 3.8) is 0 Å². The highest BCUT2D eigenvalue weighted by Gasteiger charge is 2.12. The molecule has 1 unspecified atom stereocenters. The Balaban J connectivity index is 2.81. The first kappa shape index (κ1) is 11.7. The highest BCUT2D eigenvalue weighted by atomic mass is 19.1. The second kappa shape index (κ2) is 4.89. The molecule has 1 amide bonds. The van der Waals surface area contributed by atoms with E-state index in [2.05, 4.69) is 5.32 Å². The van der Waals surface area contributed by atoms with Crippen LogP contribution in [0.3, 0.4) is 0 Å². The lowest BCUT2D eigenvalue weighted by molar-refractivity contribution is -0.119. The highest BCUT2D eigenvalue weighted by Crippen LogP contribution is 2.17. The van der Waals surface area contributed by atoms with Crippen LogP contribution < -0.4 is 11.1 Å². The third-order valence-corrected chi connectivity index (χ3v) is 2.33. The molecule has 0 saturated carbocycles. The summed E-state index contributed by atoms with van der Waals surface area (Å²) in [7, 11) is 0. The third kappa shape index (κ3) is 2.76. The molecular formula is C11H15FN2O. The van der Waals surface area contributed by atoms with Gasteiger partial charge in [0.1, 0.15) is 5.82 Å². The van der Waals surface area contributed by atoms with Gasteiger partial charge in [0.05, 0.1) is 0 Å². The van der Waals surface area contributed by atoms with Gasteiger partial charge in [-0.25, -0.2) is 4.39 Å². The van der Waals surface area contributed by atoms with Gasteiger partial charge in [0.2, 0.25) is 5.91 Å². The number of hydrogen-bond acceptors (Lipinski definition) is 2. The number of nitrogens with two attached hydrogens (primary N) is 1. The van der Waals surface area contributed by atoms with Crippen molar-refractivity contribution in [3.05, 3.63) is 29.6 Å². The van der Waals surface area contributed by atoms with Crippen LogP contribution in [0.2, 0.25) is 0 Å².